The summed E-state index contributed by atoms with van der Waals surface area (Å²) in [7, 11) is 0. The third kappa shape index (κ3) is 1.36. The van der Waals surface area contributed by atoms with Gasteiger partial charge in [-0.2, -0.15) is 0 Å². The standard InChI is InChI=1S/C10H12O2/c11-6-8-1-2-10-7-12-4-3-9(10)5-8/h1-2,5,11H,3-4,6-7H2. The van der Waals surface area contributed by atoms with E-state index in [-0.39, 0.29) is 6.61 Å². The van der Waals surface area contributed by atoms with Crippen molar-refractivity contribution in [3.8, 4) is 0 Å². The number of ether oxygens (including phenoxy) is 1. The van der Waals surface area contributed by atoms with Gasteiger partial charge in [0.25, 0.3) is 0 Å². The molecule has 0 bridgehead atoms. The molecular formula is C10H12O2. The van der Waals surface area contributed by atoms with Crippen molar-refractivity contribution in [3.05, 3.63) is 34.9 Å². The van der Waals surface area contributed by atoms with Gasteiger partial charge in [0.15, 0.2) is 0 Å². The first-order valence-corrected chi connectivity index (χ1v) is 4.19. The highest BCUT2D eigenvalue weighted by atomic mass is 16.5. The minimum atomic E-state index is 0.133. The highest BCUT2D eigenvalue weighted by Crippen LogP contribution is 2.18. The Morgan fingerprint density at radius 1 is 1.33 bits per heavy atom. The third-order valence-electron chi connectivity index (χ3n) is 2.23. The number of benzene rings is 1. The highest BCUT2D eigenvalue weighted by Gasteiger charge is 2.08. The molecule has 1 aliphatic rings. The molecule has 12 heavy (non-hydrogen) atoms. The lowest BCUT2D eigenvalue weighted by molar-refractivity contribution is 0.110. The summed E-state index contributed by atoms with van der Waals surface area (Å²) in [5, 5.41) is 8.91. The third-order valence-corrected chi connectivity index (χ3v) is 2.23. The Labute approximate surface area is 71.8 Å². The van der Waals surface area contributed by atoms with Crippen LogP contribution in [0.2, 0.25) is 0 Å². The van der Waals surface area contributed by atoms with Crippen LogP contribution in [0.25, 0.3) is 0 Å². The molecule has 0 aromatic heterocycles. The van der Waals surface area contributed by atoms with Gasteiger partial charge in [-0.25, -0.2) is 0 Å². The van der Waals surface area contributed by atoms with Crippen molar-refractivity contribution in [2.75, 3.05) is 6.61 Å². The molecule has 1 aromatic rings. The molecule has 0 aliphatic carbocycles. The lowest BCUT2D eigenvalue weighted by Crippen LogP contribution is -2.09. The first-order valence-electron chi connectivity index (χ1n) is 4.19. The number of rotatable bonds is 1. The van der Waals surface area contributed by atoms with Crippen molar-refractivity contribution >= 4 is 0 Å². The average molecular weight is 164 g/mol. The maximum absolute atomic E-state index is 8.91. The molecule has 2 nitrogen and oxygen atoms in total. The van der Waals surface area contributed by atoms with E-state index < -0.39 is 0 Å². The van der Waals surface area contributed by atoms with Crippen LogP contribution in [0.5, 0.6) is 0 Å². The second kappa shape index (κ2) is 3.25. The molecule has 0 spiro atoms. The minimum absolute atomic E-state index is 0.133. The predicted octanol–water partition coefficient (Wildman–Crippen LogP) is 1.25. The largest absolute Gasteiger partial charge is 0.392 e. The average Bonchev–Trinajstić information content (AvgIpc) is 2.17. The maximum Gasteiger partial charge on any atom is 0.0719 e. The topological polar surface area (TPSA) is 29.5 Å². The number of hydrogen-bond donors (Lipinski definition) is 1. The molecule has 0 saturated heterocycles. The molecule has 0 saturated carbocycles. The molecule has 0 fully saturated rings. The fourth-order valence-corrected chi connectivity index (χ4v) is 1.52. The molecule has 0 atom stereocenters. The van der Waals surface area contributed by atoms with Crippen LogP contribution in [-0.2, 0) is 24.4 Å². The molecule has 1 N–H and O–H groups in total. The lowest BCUT2D eigenvalue weighted by Gasteiger charge is -2.16. The zero-order chi connectivity index (χ0) is 8.39. The fourth-order valence-electron chi connectivity index (χ4n) is 1.52. The van der Waals surface area contributed by atoms with Gasteiger partial charge in [-0.15, -0.1) is 0 Å². The molecule has 0 radical (unpaired) electrons. The highest BCUT2D eigenvalue weighted by molar-refractivity contribution is 5.32. The molecular weight excluding hydrogens is 152 g/mol. The second-order valence-corrected chi connectivity index (χ2v) is 3.06. The molecule has 2 rings (SSSR count). The van der Waals surface area contributed by atoms with Crippen molar-refractivity contribution < 1.29 is 9.84 Å². The van der Waals surface area contributed by atoms with E-state index in [1.807, 2.05) is 12.1 Å². The Kier molecular flexibility index (Phi) is 2.11. The Hall–Kier alpha value is -0.860. The van der Waals surface area contributed by atoms with Gasteiger partial charge in [0.05, 0.1) is 19.8 Å². The van der Waals surface area contributed by atoms with Gasteiger partial charge in [-0.05, 0) is 23.1 Å². The molecule has 64 valence electrons. The molecule has 0 unspecified atom stereocenters. The molecule has 1 heterocycles. The van der Waals surface area contributed by atoms with Crippen LogP contribution in [0.1, 0.15) is 16.7 Å². The summed E-state index contributed by atoms with van der Waals surface area (Å²) in [5.41, 5.74) is 3.59. The van der Waals surface area contributed by atoms with Crippen LogP contribution in [0.3, 0.4) is 0 Å². The molecule has 1 aliphatic heterocycles. The first-order chi connectivity index (χ1) is 5.90. The van der Waals surface area contributed by atoms with Gasteiger partial charge in [-0.3, -0.25) is 0 Å². The van der Waals surface area contributed by atoms with E-state index in [1.165, 1.54) is 11.1 Å². The van der Waals surface area contributed by atoms with Gasteiger partial charge >= 0.3 is 0 Å². The van der Waals surface area contributed by atoms with Gasteiger partial charge < -0.3 is 9.84 Å². The normalized spacial score (nSPS) is 15.8. The van der Waals surface area contributed by atoms with Crippen LogP contribution < -0.4 is 0 Å². The summed E-state index contributed by atoms with van der Waals surface area (Å²) in [6.45, 7) is 1.66. The maximum atomic E-state index is 8.91. The summed E-state index contributed by atoms with van der Waals surface area (Å²) >= 11 is 0. The van der Waals surface area contributed by atoms with Crippen molar-refractivity contribution in [3.63, 3.8) is 0 Å². The molecule has 1 aromatic carbocycles. The predicted molar refractivity (Wildman–Crippen MR) is 45.7 cm³/mol. The van der Waals surface area contributed by atoms with E-state index in [0.29, 0.717) is 0 Å². The summed E-state index contributed by atoms with van der Waals surface area (Å²) in [5.74, 6) is 0. The van der Waals surface area contributed by atoms with Gasteiger partial charge in [0.2, 0.25) is 0 Å². The van der Waals surface area contributed by atoms with Gasteiger partial charge in [0, 0.05) is 0 Å². The van der Waals surface area contributed by atoms with Crippen LogP contribution in [0.4, 0.5) is 0 Å². The van der Waals surface area contributed by atoms with E-state index >= 15 is 0 Å². The zero-order valence-corrected chi connectivity index (χ0v) is 6.92. The summed E-state index contributed by atoms with van der Waals surface area (Å²) in [4.78, 5) is 0. The van der Waals surface area contributed by atoms with Crippen LogP contribution in [-0.4, -0.2) is 11.7 Å². The Morgan fingerprint density at radius 2 is 2.25 bits per heavy atom. The smallest absolute Gasteiger partial charge is 0.0719 e. The van der Waals surface area contributed by atoms with Crippen molar-refractivity contribution in [2.45, 2.75) is 19.6 Å². The van der Waals surface area contributed by atoms with Crippen LogP contribution in [0.15, 0.2) is 18.2 Å². The minimum Gasteiger partial charge on any atom is -0.392 e. The zero-order valence-electron chi connectivity index (χ0n) is 6.92. The van der Waals surface area contributed by atoms with E-state index in [1.54, 1.807) is 0 Å². The van der Waals surface area contributed by atoms with E-state index in [2.05, 4.69) is 6.07 Å². The Balaban J connectivity index is 2.36. The van der Waals surface area contributed by atoms with Crippen molar-refractivity contribution in [1.82, 2.24) is 0 Å². The quantitative estimate of drug-likeness (QED) is 0.677. The number of hydrogen-bond acceptors (Lipinski definition) is 2. The van der Waals surface area contributed by atoms with Crippen molar-refractivity contribution in [2.24, 2.45) is 0 Å². The molecule has 0 amide bonds. The SMILES string of the molecule is OCc1ccc2c(c1)CCOC2. The number of fused-ring (bicyclic) bond motifs is 1. The Bertz CT molecular complexity index is 281. The Morgan fingerprint density at radius 3 is 3.08 bits per heavy atom. The lowest BCUT2D eigenvalue weighted by atomic mass is 10.0. The second-order valence-electron chi connectivity index (χ2n) is 3.06. The summed E-state index contributed by atoms with van der Waals surface area (Å²) in [6.07, 6.45) is 0.975. The van der Waals surface area contributed by atoms with Gasteiger partial charge in [-0.1, -0.05) is 18.2 Å². The van der Waals surface area contributed by atoms with Crippen LogP contribution in [0, 0.1) is 0 Å². The van der Waals surface area contributed by atoms with Crippen LogP contribution >= 0.6 is 0 Å². The summed E-state index contributed by atoms with van der Waals surface area (Å²) in [6, 6.07) is 6.06. The van der Waals surface area contributed by atoms with E-state index in [4.69, 9.17) is 9.84 Å². The monoisotopic (exact) mass is 164 g/mol. The molecule has 2 heteroatoms. The fraction of sp³-hybridized carbons (Fsp3) is 0.400. The number of aliphatic hydroxyl groups excluding tert-OH is 1. The van der Waals surface area contributed by atoms with E-state index in [0.717, 1.165) is 25.2 Å². The van der Waals surface area contributed by atoms with E-state index in [9.17, 15) is 0 Å². The van der Waals surface area contributed by atoms with Gasteiger partial charge in [0.1, 0.15) is 0 Å². The number of aliphatic hydroxyl groups is 1. The first kappa shape index (κ1) is 7.77. The summed E-state index contributed by atoms with van der Waals surface area (Å²) < 4.78 is 5.31. The van der Waals surface area contributed by atoms with Crippen molar-refractivity contribution in [1.29, 1.82) is 0 Å².